The molecule has 6 heteroatoms. The van der Waals surface area contributed by atoms with Crippen LogP contribution in [0.3, 0.4) is 0 Å². The van der Waals surface area contributed by atoms with E-state index in [1.54, 1.807) is 12.1 Å². The second-order valence-electron chi connectivity index (χ2n) is 6.18. The Morgan fingerprint density at radius 2 is 1.74 bits per heavy atom. The predicted octanol–water partition coefficient (Wildman–Crippen LogP) is 4.23. The summed E-state index contributed by atoms with van der Waals surface area (Å²) in [6.45, 7) is 5.08. The summed E-state index contributed by atoms with van der Waals surface area (Å²) in [7, 11) is 0. The topological polar surface area (TPSA) is 48.2 Å². The third-order valence-electron chi connectivity index (χ3n) is 4.17. The zero-order chi connectivity index (χ0) is 16.4. The number of hydrogen-bond donors (Lipinski definition) is 0. The quantitative estimate of drug-likeness (QED) is 0.845. The fourth-order valence-corrected chi connectivity index (χ4v) is 2.71. The van der Waals surface area contributed by atoms with Crippen LogP contribution in [0.1, 0.15) is 61.4 Å². The summed E-state index contributed by atoms with van der Waals surface area (Å²) >= 11 is 0. The summed E-state index contributed by atoms with van der Waals surface area (Å²) in [6, 6.07) is 6.42. The van der Waals surface area contributed by atoms with E-state index in [0.29, 0.717) is 5.92 Å². The molecule has 2 heterocycles. The van der Waals surface area contributed by atoms with Gasteiger partial charge >= 0.3 is 5.92 Å². The first-order chi connectivity index (χ1) is 11.0. The van der Waals surface area contributed by atoms with E-state index in [1.807, 2.05) is 13.8 Å². The van der Waals surface area contributed by atoms with Crippen molar-refractivity contribution in [2.24, 2.45) is 0 Å². The van der Waals surface area contributed by atoms with Gasteiger partial charge in [0.05, 0.1) is 0 Å². The third kappa shape index (κ3) is 3.27. The summed E-state index contributed by atoms with van der Waals surface area (Å²) in [4.78, 5) is 0. The van der Waals surface area contributed by atoms with Crippen molar-refractivity contribution >= 4 is 0 Å². The first-order valence-electron chi connectivity index (χ1n) is 7.88. The zero-order valence-corrected chi connectivity index (χ0v) is 13.3. The molecule has 23 heavy (non-hydrogen) atoms. The number of halogens is 2. The van der Waals surface area contributed by atoms with Crippen LogP contribution in [0, 0.1) is 0 Å². The first-order valence-corrected chi connectivity index (χ1v) is 7.88. The first kappa shape index (κ1) is 16.1. The number of alkyl halides is 2. The van der Waals surface area contributed by atoms with E-state index >= 15 is 0 Å². The number of aromatic nitrogens is 2. The SMILES string of the molecule is CC(C)c1nnc(C(F)(F)c2ccc(C3CCOCC3)cc2)o1. The van der Waals surface area contributed by atoms with Crippen molar-refractivity contribution in [3.05, 3.63) is 47.2 Å². The van der Waals surface area contributed by atoms with Crippen molar-refractivity contribution < 1.29 is 17.9 Å². The molecule has 3 rings (SSSR count). The molecule has 1 aromatic carbocycles. The van der Waals surface area contributed by atoms with Crippen LogP contribution >= 0.6 is 0 Å². The summed E-state index contributed by atoms with van der Waals surface area (Å²) in [6.07, 6.45) is 1.86. The molecule has 0 spiro atoms. The van der Waals surface area contributed by atoms with Gasteiger partial charge in [-0.25, -0.2) is 0 Å². The lowest BCUT2D eigenvalue weighted by atomic mass is 9.90. The minimum absolute atomic E-state index is 0.0806. The van der Waals surface area contributed by atoms with Gasteiger partial charge in [-0.1, -0.05) is 38.1 Å². The number of ether oxygens (including phenoxy) is 1. The van der Waals surface area contributed by atoms with E-state index in [9.17, 15) is 8.78 Å². The maximum atomic E-state index is 14.5. The Labute approximate surface area is 133 Å². The van der Waals surface area contributed by atoms with Gasteiger partial charge in [-0.15, -0.1) is 10.2 Å². The van der Waals surface area contributed by atoms with Crippen molar-refractivity contribution in [2.45, 2.75) is 44.4 Å². The second kappa shape index (κ2) is 6.35. The predicted molar refractivity (Wildman–Crippen MR) is 80.6 cm³/mol. The minimum Gasteiger partial charge on any atom is -0.419 e. The molecule has 1 saturated heterocycles. The highest BCUT2D eigenvalue weighted by Gasteiger charge is 2.40. The number of benzene rings is 1. The Balaban J connectivity index is 1.81. The third-order valence-corrected chi connectivity index (χ3v) is 4.17. The van der Waals surface area contributed by atoms with Gasteiger partial charge in [-0.2, -0.15) is 8.78 Å². The summed E-state index contributed by atoms with van der Waals surface area (Å²) in [5, 5.41) is 7.20. The van der Waals surface area contributed by atoms with Crippen molar-refractivity contribution in [1.82, 2.24) is 10.2 Å². The fourth-order valence-electron chi connectivity index (χ4n) is 2.71. The van der Waals surface area contributed by atoms with Gasteiger partial charge in [-0.3, -0.25) is 0 Å². The molecule has 0 atom stereocenters. The molecular weight excluding hydrogens is 302 g/mol. The van der Waals surface area contributed by atoms with Crippen molar-refractivity contribution in [1.29, 1.82) is 0 Å². The molecule has 4 nitrogen and oxygen atoms in total. The lowest BCUT2D eigenvalue weighted by Gasteiger charge is -2.23. The van der Waals surface area contributed by atoms with Crippen molar-refractivity contribution in [2.75, 3.05) is 13.2 Å². The van der Waals surface area contributed by atoms with Crippen LogP contribution < -0.4 is 0 Å². The molecule has 0 amide bonds. The van der Waals surface area contributed by atoms with E-state index in [4.69, 9.17) is 9.15 Å². The van der Waals surface area contributed by atoms with E-state index in [-0.39, 0.29) is 17.4 Å². The molecule has 124 valence electrons. The monoisotopic (exact) mass is 322 g/mol. The lowest BCUT2D eigenvalue weighted by molar-refractivity contribution is 0.0118. The zero-order valence-electron chi connectivity index (χ0n) is 13.3. The van der Waals surface area contributed by atoms with Crippen LogP contribution in [-0.4, -0.2) is 23.4 Å². The standard InChI is InChI=1S/C17H20F2N2O2/c1-11(2)15-20-21-16(23-15)17(18,19)14-5-3-12(4-6-14)13-7-9-22-10-8-13/h3-6,11,13H,7-10H2,1-2H3. The molecule has 1 aromatic heterocycles. The van der Waals surface area contributed by atoms with E-state index in [2.05, 4.69) is 10.2 Å². The average molecular weight is 322 g/mol. The van der Waals surface area contributed by atoms with Gasteiger partial charge in [0.2, 0.25) is 5.89 Å². The van der Waals surface area contributed by atoms with Gasteiger partial charge in [0.25, 0.3) is 5.89 Å². The summed E-state index contributed by atoms with van der Waals surface area (Å²) < 4.78 is 39.5. The second-order valence-corrected chi connectivity index (χ2v) is 6.18. The van der Waals surface area contributed by atoms with Crippen molar-refractivity contribution in [3.63, 3.8) is 0 Å². The van der Waals surface area contributed by atoms with Crippen LogP contribution in [-0.2, 0) is 10.7 Å². The number of nitrogens with zero attached hydrogens (tertiary/aromatic N) is 2. The Kier molecular flexibility index (Phi) is 4.43. The molecule has 0 aliphatic carbocycles. The molecule has 1 aliphatic heterocycles. The Morgan fingerprint density at radius 3 is 2.30 bits per heavy atom. The van der Waals surface area contributed by atoms with Gasteiger partial charge in [0.15, 0.2) is 0 Å². The Morgan fingerprint density at radius 1 is 1.09 bits per heavy atom. The minimum atomic E-state index is -3.28. The van der Waals surface area contributed by atoms with Crippen LogP contribution in [0.2, 0.25) is 0 Å². The van der Waals surface area contributed by atoms with Crippen LogP contribution in [0.15, 0.2) is 28.7 Å². The lowest BCUT2D eigenvalue weighted by Crippen LogP contribution is -2.17. The van der Waals surface area contributed by atoms with Gasteiger partial charge < -0.3 is 9.15 Å². The maximum Gasteiger partial charge on any atom is 0.349 e. The number of hydrogen-bond acceptors (Lipinski definition) is 4. The van der Waals surface area contributed by atoms with Gasteiger partial charge in [-0.05, 0) is 24.3 Å². The highest BCUT2D eigenvalue weighted by molar-refractivity contribution is 5.31. The molecular formula is C17H20F2N2O2. The van der Waals surface area contributed by atoms with Gasteiger partial charge in [0.1, 0.15) is 0 Å². The summed E-state index contributed by atoms with van der Waals surface area (Å²) in [5.74, 6) is -3.42. The highest BCUT2D eigenvalue weighted by atomic mass is 19.3. The average Bonchev–Trinajstić information content (AvgIpc) is 3.07. The van der Waals surface area contributed by atoms with E-state index in [0.717, 1.165) is 31.6 Å². The molecule has 1 fully saturated rings. The van der Waals surface area contributed by atoms with Gasteiger partial charge in [0, 0.05) is 24.7 Å². The van der Waals surface area contributed by atoms with Crippen LogP contribution in [0.25, 0.3) is 0 Å². The normalized spacial score (nSPS) is 16.9. The molecule has 0 radical (unpaired) electrons. The molecule has 2 aromatic rings. The maximum absolute atomic E-state index is 14.5. The Hall–Kier alpha value is -1.82. The van der Waals surface area contributed by atoms with Crippen LogP contribution in [0.5, 0.6) is 0 Å². The highest BCUT2D eigenvalue weighted by Crippen LogP contribution is 2.36. The molecule has 0 saturated carbocycles. The number of rotatable bonds is 4. The summed E-state index contributed by atoms with van der Waals surface area (Å²) in [5.41, 5.74) is 0.938. The van der Waals surface area contributed by atoms with E-state index < -0.39 is 11.8 Å². The molecule has 0 bridgehead atoms. The smallest absolute Gasteiger partial charge is 0.349 e. The molecule has 1 aliphatic rings. The fraction of sp³-hybridized carbons (Fsp3) is 0.529. The van der Waals surface area contributed by atoms with E-state index in [1.165, 1.54) is 12.1 Å². The molecule has 0 unspecified atom stereocenters. The van der Waals surface area contributed by atoms with Crippen LogP contribution in [0.4, 0.5) is 8.78 Å². The van der Waals surface area contributed by atoms with Crippen molar-refractivity contribution in [3.8, 4) is 0 Å². The molecule has 0 N–H and O–H groups in total. The Bertz CT molecular complexity index is 647. The largest absolute Gasteiger partial charge is 0.419 e.